The van der Waals surface area contributed by atoms with Gasteiger partial charge in [0.25, 0.3) is 0 Å². The van der Waals surface area contributed by atoms with Crippen molar-refractivity contribution in [2.24, 2.45) is 5.41 Å². The minimum Gasteiger partial charge on any atom is -0.398 e. The number of carbonyl (C=O) groups excluding carboxylic acids is 1. The molecule has 160 valence electrons. The Balaban J connectivity index is 1.94. The lowest BCUT2D eigenvalue weighted by molar-refractivity contribution is -0.118. The van der Waals surface area contributed by atoms with Gasteiger partial charge in [0.05, 0.1) is 0 Å². The van der Waals surface area contributed by atoms with Crippen molar-refractivity contribution in [1.29, 1.82) is 0 Å². The van der Waals surface area contributed by atoms with Crippen LogP contribution >= 0.6 is 0 Å². The highest BCUT2D eigenvalue weighted by Gasteiger charge is 2.36. The molecule has 3 aromatic carbocycles. The van der Waals surface area contributed by atoms with Gasteiger partial charge in [-0.25, -0.2) is 0 Å². The van der Waals surface area contributed by atoms with E-state index in [0.29, 0.717) is 12.3 Å². The number of allylic oxidation sites excluding steroid dienone is 2. The van der Waals surface area contributed by atoms with Crippen molar-refractivity contribution in [3.8, 4) is 0 Å². The van der Waals surface area contributed by atoms with Crippen molar-refractivity contribution >= 4 is 27.8 Å². The molecule has 0 saturated carbocycles. The zero-order valence-electron chi connectivity index (χ0n) is 19.3. The van der Waals surface area contributed by atoms with Crippen LogP contribution in [-0.4, -0.2) is 5.78 Å². The maximum Gasteiger partial charge on any atom is 0.160 e. The Bertz CT molecular complexity index is 1170. The van der Waals surface area contributed by atoms with Gasteiger partial charge in [0.15, 0.2) is 5.78 Å². The summed E-state index contributed by atoms with van der Waals surface area (Å²) in [5.74, 6) is 0.768. The molecule has 1 atom stereocenters. The number of fused-ring (bicyclic) bond motifs is 1. The Kier molecular flexibility index (Phi) is 5.51. The third-order valence-corrected chi connectivity index (χ3v) is 6.72. The second kappa shape index (κ2) is 8.00. The Hall–Kier alpha value is -2.87. The Morgan fingerprint density at radius 3 is 2.16 bits per heavy atom. The molecule has 0 bridgehead atoms. The molecular weight excluding hydrogens is 378 g/mol. The molecule has 0 aromatic heterocycles. The van der Waals surface area contributed by atoms with Gasteiger partial charge in [-0.1, -0.05) is 89.2 Å². The standard InChI is InChI=1S/C29H33NO/c1-18(2)20-10-12-21(13-11-20)19(3)27-24(16-29(4,5)17-26(27)31)28-23-9-7-6-8-22(23)14-15-25(28)30/h6-15,18-19H,16-17,30H2,1-5H3/t19-/m1/s1. The fourth-order valence-electron chi connectivity index (χ4n) is 5.02. The smallest absolute Gasteiger partial charge is 0.160 e. The first-order valence-corrected chi connectivity index (χ1v) is 11.3. The fraction of sp³-hybridized carbons (Fsp3) is 0.345. The predicted molar refractivity (Wildman–Crippen MR) is 132 cm³/mol. The van der Waals surface area contributed by atoms with E-state index in [1.807, 2.05) is 12.1 Å². The Morgan fingerprint density at radius 2 is 1.48 bits per heavy atom. The van der Waals surface area contributed by atoms with Crippen LogP contribution < -0.4 is 5.73 Å². The highest BCUT2D eigenvalue weighted by molar-refractivity contribution is 6.10. The summed E-state index contributed by atoms with van der Waals surface area (Å²) in [6.07, 6.45) is 1.42. The molecule has 0 heterocycles. The highest BCUT2D eigenvalue weighted by Crippen LogP contribution is 2.48. The van der Waals surface area contributed by atoms with Crippen LogP contribution in [-0.2, 0) is 4.79 Å². The number of carbonyl (C=O) groups is 1. The average Bonchev–Trinajstić information content (AvgIpc) is 2.72. The average molecular weight is 412 g/mol. The number of benzene rings is 3. The number of rotatable bonds is 4. The summed E-state index contributed by atoms with van der Waals surface area (Å²) >= 11 is 0. The lowest BCUT2D eigenvalue weighted by Gasteiger charge is -2.35. The third-order valence-electron chi connectivity index (χ3n) is 6.72. The maximum atomic E-state index is 13.5. The zero-order valence-corrected chi connectivity index (χ0v) is 19.3. The molecule has 0 radical (unpaired) electrons. The molecule has 2 heteroatoms. The first kappa shape index (κ1) is 21.4. The Labute approximate surface area is 186 Å². The van der Waals surface area contributed by atoms with Gasteiger partial charge in [0, 0.05) is 29.2 Å². The van der Waals surface area contributed by atoms with E-state index in [2.05, 4.69) is 83.1 Å². The number of hydrogen-bond donors (Lipinski definition) is 1. The van der Waals surface area contributed by atoms with E-state index in [1.165, 1.54) is 11.1 Å². The molecule has 1 aliphatic rings. The lowest BCUT2D eigenvalue weighted by Crippen LogP contribution is -2.27. The summed E-state index contributed by atoms with van der Waals surface area (Å²) < 4.78 is 0. The summed E-state index contributed by atoms with van der Waals surface area (Å²) in [5.41, 5.74) is 12.8. The zero-order chi connectivity index (χ0) is 22.3. The van der Waals surface area contributed by atoms with E-state index in [9.17, 15) is 4.79 Å². The minimum atomic E-state index is -0.0828. The monoisotopic (exact) mass is 411 g/mol. The van der Waals surface area contributed by atoms with Crippen LogP contribution in [0.5, 0.6) is 0 Å². The largest absolute Gasteiger partial charge is 0.398 e. The van der Waals surface area contributed by atoms with Crippen molar-refractivity contribution in [2.45, 2.75) is 59.3 Å². The molecule has 0 fully saturated rings. The van der Waals surface area contributed by atoms with E-state index < -0.39 is 0 Å². The highest BCUT2D eigenvalue weighted by atomic mass is 16.1. The number of nitrogens with two attached hydrogens (primary N) is 1. The molecule has 0 aliphatic heterocycles. The second-order valence-corrected chi connectivity index (χ2v) is 10.1. The van der Waals surface area contributed by atoms with Gasteiger partial charge < -0.3 is 5.73 Å². The van der Waals surface area contributed by atoms with E-state index >= 15 is 0 Å². The van der Waals surface area contributed by atoms with E-state index in [1.54, 1.807) is 0 Å². The van der Waals surface area contributed by atoms with Crippen molar-refractivity contribution < 1.29 is 4.79 Å². The van der Waals surface area contributed by atoms with Gasteiger partial charge in [-0.05, 0) is 51.3 Å². The van der Waals surface area contributed by atoms with Crippen molar-refractivity contribution in [3.05, 3.63) is 82.9 Å². The van der Waals surface area contributed by atoms with Crippen LogP contribution in [0.4, 0.5) is 5.69 Å². The van der Waals surface area contributed by atoms with Gasteiger partial charge in [0.1, 0.15) is 0 Å². The van der Waals surface area contributed by atoms with Crippen LogP contribution in [0.2, 0.25) is 0 Å². The molecule has 0 saturated heterocycles. The summed E-state index contributed by atoms with van der Waals surface area (Å²) in [6.45, 7) is 10.9. The molecule has 2 N–H and O–H groups in total. The number of ketones is 1. The normalized spacial score (nSPS) is 17.4. The van der Waals surface area contributed by atoms with Crippen LogP contribution in [0.1, 0.15) is 76.0 Å². The van der Waals surface area contributed by atoms with Crippen molar-refractivity contribution in [3.63, 3.8) is 0 Å². The van der Waals surface area contributed by atoms with Crippen LogP contribution in [0, 0.1) is 5.41 Å². The van der Waals surface area contributed by atoms with Crippen molar-refractivity contribution in [2.75, 3.05) is 5.73 Å². The van der Waals surface area contributed by atoms with Gasteiger partial charge in [-0.2, -0.15) is 0 Å². The number of hydrogen-bond acceptors (Lipinski definition) is 2. The van der Waals surface area contributed by atoms with Gasteiger partial charge >= 0.3 is 0 Å². The quantitative estimate of drug-likeness (QED) is 0.452. The molecule has 2 nitrogen and oxygen atoms in total. The first-order valence-electron chi connectivity index (χ1n) is 11.3. The lowest BCUT2D eigenvalue weighted by atomic mass is 9.68. The topological polar surface area (TPSA) is 43.1 Å². The predicted octanol–water partition coefficient (Wildman–Crippen LogP) is 7.49. The molecular formula is C29H33NO. The van der Waals surface area contributed by atoms with Gasteiger partial charge in [-0.15, -0.1) is 0 Å². The summed E-state index contributed by atoms with van der Waals surface area (Å²) in [7, 11) is 0. The fourth-order valence-corrected chi connectivity index (χ4v) is 5.02. The van der Waals surface area contributed by atoms with Crippen LogP contribution in [0.3, 0.4) is 0 Å². The molecule has 31 heavy (non-hydrogen) atoms. The molecule has 3 aromatic rings. The molecule has 0 spiro atoms. The summed E-state index contributed by atoms with van der Waals surface area (Å²) in [6, 6.07) is 21.1. The second-order valence-electron chi connectivity index (χ2n) is 10.1. The number of Topliss-reactive ketones (excluding diaryl/α,β-unsaturated/α-hetero) is 1. The van der Waals surface area contributed by atoms with E-state index in [0.717, 1.165) is 39.6 Å². The number of nitrogen functional groups attached to an aromatic ring is 1. The summed E-state index contributed by atoms with van der Waals surface area (Å²) in [4.78, 5) is 13.5. The van der Waals surface area contributed by atoms with Crippen molar-refractivity contribution in [1.82, 2.24) is 0 Å². The van der Waals surface area contributed by atoms with Gasteiger partial charge in [-0.3, -0.25) is 4.79 Å². The SMILES string of the molecule is CC(C)c1ccc([C@@H](C)C2=C(c3c(N)ccc4ccccc34)CC(C)(C)CC2=O)cc1. The minimum absolute atomic E-state index is 0.0261. The van der Waals surface area contributed by atoms with Crippen LogP contribution in [0.15, 0.2) is 66.2 Å². The molecule has 0 amide bonds. The first-order chi connectivity index (χ1) is 14.7. The maximum absolute atomic E-state index is 13.5. The molecule has 0 unspecified atom stereocenters. The third kappa shape index (κ3) is 4.04. The number of anilines is 1. The van der Waals surface area contributed by atoms with E-state index in [-0.39, 0.29) is 17.1 Å². The molecule has 4 rings (SSSR count). The summed E-state index contributed by atoms with van der Waals surface area (Å²) in [5, 5.41) is 2.28. The van der Waals surface area contributed by atoms with Crippen LogP contribution in [0.25, 0.3) is 16.3 Å². The Morgan fingerprint density at radius 1 is 0.839 bits per heavy atom. The van der Waals surface area contributed by atoms with E-state index in [4.69, 9.17) is 5.73 Å². The van der Waals surface area contributed by atoms with Gasteiger partial charge in [0.2, 0.25) is 0 Å². The molecule has 1 aliphatic carbocycles.